The third-order valence-corrected chi connectivity index (χ3v) is 7.35. The number of methoxy groups -OCH3 is 4. The highest BCUT2D eigenvalue weighted by Gasteiger charge is 2.34. The summed E-state index contributed by atoms with van der Waals surface area (Å²) in [6.07, 6.45) is 1.66. The van der Waals surface area contributed by atoms with Gasteiger partial charge in [0.1, 0.15) is 0 Å². The first-order chi connectivity index (χ1) is 19.7. The Kier molecular flexibility index (Phi) is 9.07. The Bertz CT molecular complexity index is 1640. The number of carbonyl (C=O) groups is 1. The summed E-state index contributed by atoms with van der Waals surface area (Å²) in [6.45, 7) is 7.49. The third-order valence-electron chi connectivity index (χ3n) is 6.37. The Labute approximate surface area is 242 Å². The van der Waals surface area contributed by atoms with Crippen LogP contribution in [0.2, 0.25) is 0 Å². The number of aromatic nitrogens is 1. The highest BCUT2D eigenvalue weighted by atomic mass is 32.1. The SMILES string of the molecule is CCOC(=O)C1=C(C)N=c2s/c(=C\c3cc(OC)c(OC)c(OC)c3)c(=O)n2[C@H]1c1ccc(OC(C)C)c(OC)c1. The monoisotopic (exact) mass is 582 g/mol. The van der Waals surface area contributed by atoms with E-state index in [0.29, 0.717) is 54.9 Å². The van der Waals surface area contributed by atoms with E-state index in [4.69, 9.17) is 28.4 Å². The molecule has 0 aliphatic carbocycles. The minimum Gasteiger partial charge on any atom is -0.493 e. The number of nitrogens with zero attached hydrogens (tertiary/aromatic N) is 2. The molecule has 0 spiro atoms. The van der Waals surface area contributed by atoms with Gasteiger partial charge in [-0.05, 0) is 69.2 Å². The standard InChI is InChI=1S/C30H34N2O8S/c1-9-39-29(34)25-17(4)31-30-32(26(25)19-10-11-20(40-16(2)3)21(15-19)35-5)28(33)24(41-30)14-18-12-22(36-6)27(38-8)23(13-18)37-7/h10-16,26H,9H2,1-8H3/b24-14-/t26-/m0/s1. The average Bonchev–Trinajstić information content (AvgIpc) is 3.25. The van der Waals surface area contributed by atoms with Crippen LogP contribution < -0.4 is 38.6 Å². The van der Waals surface area contributed by atoms with E-state index in [1.165, 1.54) is 37.2 Å². The van der Waals surface area contributed by atoms with Crippen molar-refractivity contribution in [2.24, 2.45) is 4.99 Å². The van der Waals surface area contributed by atoms with Gasteiger partial charge in [-0.15, -0.1) is 0 Å². The molecule has 0 N–H and O–H groups in total. The average molecular weight is 583 g/mol. The fraction of sp³-hybridized carbons (Fsp3) is 0.367. The predicted molar refractivity (Wildman–Crippen MR) is 155 cm³/mol. The lowest BCUT2D eigenvalue weighted by atomic mass is 9.95. The number of rotatable bonds is 10. The largest absolute Gasteiger partial charge is 0.493 e. The highest BCUT2D eigenvalue weighted by Crippen LogP contribution is 2.39. The fourth-order valence-electron chi connectivity index (χ4n) is 4.65. The van der Waals surface area contributed by atoms with Crippen LogP contribution in [-0.4, -0.2) is 51.7 Å². The first-order valence-corrected chi connectivity index (χ1v) is 13.8. The van der Waals surface area contributed by atoms with Crippen molar-refractivity contribution in [2.75, 3.05) is 35.0 Å². The van der Waals surface area contributed by atoms with E-state index in [1.54, 1.807) is 51.3 Å². The summed E-state index contributed by atoms with van der Waals surface area (Å²) < 4.78 is 35.2. The molecule has 0 unspecified atom stereocenters. The second-order valence-corrected chi connectivity index (χ2v) is 10.3. The van der Waals surface area contributed by atoms with Crippen LogP contribution in [0, 0.1) is 0 Å². The van der Waals surface area contributed by atoms with Crippen LogP contribution in [0.25, 0.3) is 6.08 Å². The molecule has 0 bridgehead atoms. The Morgan fingerprint density at radius 2 is 1.66 bits per heavy atom. The minimum absolute atomic E-state index is 0.0696. The molecule has 10 nitrogen and oxygen atoms in total. The maximum absolute atomic E-state index is 14.0. The number of ether oxygens (including phenoxy) is 6. The molecule has 0 amide bonds. The van der Waals surface area contributed by atoms with Crippen molar-refractivity contribution in [3.8, 4) is 28.7 Å². The molecule has 3 aromatic rings. The van der Waals surface area contributed by atoms with Crippen molar-refractivity contribution in [1.82, 2.24) is 4.57 Å². The quantitative estimate of drug-likeness (QED) is 0.334. The van der Waals surface area contributed by atoms with Gasteiger partial charge in [0.15, 0.2) is 27.8 Å². The van der Waals surface area contributed by atoms with Crippen LogP contribution >= 0.6 is 11.3 Å². The first kappa shape index (κ1) is 29.7. The van der Waals surface area contributed by atoms with Gasteiger partial charge in [0.25, 0.3) is 5.56 Å². The van der Waals surface area contributed by atoms with E-state index in [0.717, 1.165) is 0 Å². The van der Waals surface area contributed by atoms with Crippen LogP contribution in [-0.2, 0) is 9.53 Å². The van der Waals surface area contributed by atoms with Gasteiger partial charge < -0.3 is 28.4 Å². The van der Waals surface area contributed by atoms with Crippen molar-refractivity contribution < 1.29 is 33.2 Å². The van der Waals surface area contributed by atoms with E-state index < -0.39 is 12.0 Å². The summed E-state index contributed by atoms with van der Waals surface area (Å²) in [5.74, 6) is 1.86. The molecule has 0 saturated heterocycles. The summed E-state index contributed by atoms with van der Waals surface area (Å²) in [7, 11) is 6.13. The van der Waals surface area contributed by atoms with E-state index in [9.17, 15) is 9.59 Å². The summed E-state index contributed by atoms with van der Waals surface area (Å²) in [4.78, 5) is 32.3. The topological polar surface area (TPSA) is 107 Å². The van der Waals surface area contributed by atoms with Crippen LogP contribution in [0.15, 0.2) is 51.4 Å². The maximum Gasteiger partial charge on any atom is 0.338 e. The molecule has 4 rings (SSSR count). The number of hydrogen-bond acceptors (Lipinski definition) is 10. The molecule has 218 valence electrons. The van der Waals surface area contributed by atoms with Crippen molar-refractivity contribution in [3.05, 3.63) is 72.4 Å². The van der Waals surface area contributed by atoms with E-state index >= 15 is 0 Å². The van der Waals surface area contributed by atoms with Crippen molar-refractivity contribution >= 4 is 23.4 Å². The molecule has 1 aromatic heterocycles. The van der Waals surface area contributed by atoms with Gasteiger partial charge in [0.05, 0.1) is 63.0 Å². The molecule has 2 aromatic carbocycles. The van der Waals surface area contributed by atoms with Gasteiger partial charge in [0.2, 0.25) is 5.75 Å². The first-order valence-electron chi connectivity index (χ1n) is 13.0. The second-order valence-electron chi connectivity index (χ2n) is 9.34. The number of allylic oxidation sites excluding steroid dienone is 1. The summed E-state index contributed by atoms with van der Waals surface area (Å²) >= 11 is 1.22. The molecule has 2 heterocycles. The maximum atomic E-state index is 14.0. The van der Waals surface area contributed by atoms with Crippen LogP contribution in [0.4, 0.5) is 0 Å². The predicted octanol–water partition coefficient (Wildman–Crippen LogP) is 3.62. The van der Waals surface area contributed by atoms with E-state index in [-0.39, 0.29) is 23.8 Å². The fourth-order valence-corrected chi connectivity index (χ4v) is 5.70. The summed E-state index contributed by atoms with van der Waals surface area (Å²) in [6, 6.07) is 8.08. The van der Waals surface area contributed by atoms with Crippen LogP contribution in [0.1, 0.15) is 44.9 Å². The van der Waals surface area contributed by atoms with Gasteiger partial charge in [0, 0.05) is 0 Å². The second kappa shape index (κ2) is 12.5. The number of carbonyl (C=O) groups excluding carboxylic acids is 1. The Hall–Kier alpha value is -4.25. The minimum atomic E-state index is -0.797. The number of thiazole rings is 1. The molecule has 0 radical (unpaired) electrons. The number of hydrogen-bond donors (Lipinski definition) is 0. The van der Waals surface area contributed by atoms with Gasteiger partial charge in [-0.2, -0.15) is 0 Å². The number of benzene rings is 2. The van der Waals surface area contributed by atoms with Crippen molar-refractivity contribution in [3.63, 3.8) is 0 Å². The molecular weight excluding hydrogens is 548 g/mol. The van der Waals surface area contributed by atoms with E-state index in [1.807, 2.05) is 19.9 Å². The van der Waals surface area contributed by atoms with E-state index in [2.05, 4.69) is 4.99 Å². The third kappa shape index (κ3) is 5.81. The van der Waals surface area contributed by atoms with Crippen LogP contribution in [0.3, 0.4) is 0 Å². The smallest absolute Gasteiger partial charge is 0.338 e. The summed E-state index contributed by atoms with van der Waals surface area (Å²) in [5, 5.41) is 0. The molecule has 1 aliphatic heterocycles. The molecule has 1 aliphatic rings. The Balaban J connectivity index is 1.95. The normalized spacial score (nSPS) is 14.9. The van der Waals surface area contributed by atoms with Gasteiger partial charge in [-0.25, -0.2) is 9.79 Å². The molecule has 1 atom stereocenters. The van der Waals surface area contributed by atoms with Gasteiger partial charge in [-0.1, -0.05) is 17.4 Å². The van der Waals surface area contributed by atoms with Gasteiger partial charge >= 0.3 is 5.97 Å². The zero-order chi connectivity index (χ0) is 29.8. The lowest BCUT2D eigenvalue weighted by molar-refractivity contribution is -0.139. The molecule has 0 saturated carbocycles. The van der Waals surface area contributed by atoms with Crippen molar-refractivity contribution in [1.29, 1.82) is 0 Å². The lowest BCUT2D eigenvalue weighted by Gasteiger charge is -2.25. The molecule has 41 heavy (non-hydrogen) atoms. The Morgan fingerprint density at radius 1 is 1.00 bits per heavy atom. The van der Waals surface area contributed by atoms with Gasteiger partial charge in [-0.3, -0.25) is 9.36 Å². The summed E-state index contributed by atoms with van der Waals surface area (Å²) in [5.41, 5.74) is 1.74. The zero-order valence-electron chi connectivity index (χ0n) is 24.4. The molecule has 11 heteroatoms. The lowest BCUT2D eigenvalue weighted by Crippen LogP contribution is -2.40. The number of esters is 1. The Morgan fingerprint density at radius 3 is 2.22 bits per heavy atom. The van der Waals surface area contributed by atoms with Crippen LogP contribution in [0.5, 0.6) is 28.7 Å². The highest BCUT2D eigenvalue weighted by molar-refractivity contribution is 7.07. The zero-order valence-corrected chi connectivity index (χ0v) is 25.2. The molecular formula is C30H34N2O8S. The number of fused-ring (bicyclic) bond motifs is 1. The van der Waals surface area contributed by atoms with Crippen molar-refractivity contribution in [2.45, 2.75) is 39.8 Å². The molecule has 0 fully saturated rings.